The van der Waals surface area contributed by atoms with Crippen LogP contribution in [0.4, 0.5) is 5.69 Å². The Labute approximate surface area is 97.0 Å². The Hall–Kier alpha value is -2.28. The van der Waals surface area contributed by atoms with Crippen LogP contribution in [-0.2, 0) is 6.54 Å². The molecule has 2 aromatic rings. The summed E-state index contributed by atoms with van der Waals surface area (Å²) in [4.78, 5) is 10.4. The lowest BCUT2D eigenvalue weighted by Crippen LogP contribution is -2.01. The molecule has 1 aromatic heterocycles. The van der Waals surface area contributed by atoms with Crippen LogP contribution in [0.3, 0.4) is 0 Å². The molecule has 1 heterocycles. The highest BCUT2D eigenvalue weighted by Crippen LogP contribution is 2.23. The fraction of sp³-hybridized carbons (Fsp3) is 0.200. The van der Waals surface area contributed by atoms with E-state index in [-0.39, 0.29) is 12.2 Å². The lowest BCUT2D eigenvalue weighted by molar-refractivity contribution is -0.385. The van der Waals surface area contributed by atoms with Gasteiger partial charge in [0.25, 0.3) is 5.69 Å². The third-order valence-corrected chi connectivity index (χ3v) is 2.47. The Morgan fingerprint density at radius 2 is 2.29 bits per heavy atom. The van der Waals surface area contributed by atoms with Crippen molar-refractivity contribution in [3.8, 4) is 5.69 Å². The molecule has 0 spiro atoms. The van der Waals surface area contributed by atoms with Crippen molar-refractivity contribution in [2.75, 3.05) is 0 Å². The van der Waals surface area contributed by atoms with E-state index in [0.717, 1.165) is 0 Å². The Morgan fingerprint density at radius 3 is 2.88 bits per heavy atom. The maximum Gasteiger partial charge on any atom is 0.274 e. The minimum absolute atomic E-state index is 0.0623. The number of aromatic nitrogens is 3. The van der Waals surface area contributed by atoms with Crippen LogP contribution in [0.15, 0.2) is 24.4 Å². The molecule has 0 aliphatic carbocycles. The molecule has 2 rings (SSSR count). The van der Waals surface area contributed by atoms with Gasteiger partial charge in [0.2, 0.25) is 0 Å². The van der Waals surface area contributed by atoms with Crippen molar-refractivity contribution >= 4 is 5.69 Å². The van der Waals surface area contributed by atoms with E-state index in [1.165, 1.54) is 10.7 Å². The standard InChI is InChI=1S/C10H11N5O2/c1-7-9(3-2-4-10(7)15(16)17)14-6-8(5-11)12-13-14/h2-4,6H,5,11H2,1H3. The van der Waals surface area contributed by atoms with Gasteiger partial charge in [-0.15, -0.1) is 5.10 Å². The van der Waals surface area contributed by atoms with Crippen LogP contribution >= 0.6 is 0 Å². The number of hydrogen-bond acceptors (Lipinski definition) is 5. The van der Waals surface area contributed by atoms with Crippen LogP contribution in [0, 0.1) is 17.0 Å². The topological polar surface area (TPSA) is 99.9 Å². The quantitative estimate of drug-likeness (QED) is 0.628. The minimum Gasteiger partial charge on any atom is -0.325 e. The van der Waals surface area contributed by atoms with E-state index >= 15 is 0 Å². The highest BCUT2D eigenvalue weighted by atomic mass is 16.6. The third-order valence-electron chi connectivity index (χ3n) is 2.47. The van der Waals surface area contributed by atoms with E-state index in [4.69, 9.17) is 5.73 Å². The van der Waals surface area contributed by atoms with E-state index in [1.54, 1.807) is 25.3 Å². The van der Waals surface area contributed by atoms with Crippen molar-refractivity contribution in [3.63, 3.8) is 0 Å². The zero-order chi connectivity index (χ0) is 12.4. The SMILES string of the molecule is Cc1c(-n2cc(CN)nn2)cccc1[N+](=O)[O-]. The van der Waals surface area contributed by atoms with Crippen LogP contribution in [-0.4, -0.2) is 19.9 Å². The number of benzene rings is 1. The fourth-order valence-corrected chi connectivity index (χ4v) is 1.57. The van der Waals surface area contributed by atoms with Gasteiger partial charge >= 0.3 is 0 Å². The van der Waals surface area contributed by atoms with Crippen molar-refractivity contribution < 1.29 is 4.92 Å². The maximum absolute atomic E-state index is 10.8. The molecule has 0 atom stereocenters. The van der Waals surface area contributed by atoms with Gasteiger partial charge in [0.15, 0.2) is 0 Å². The third kappa shape index (κ3) is 2.00. The second-order valence-corrected chi connectivity index (χ2v) is 3.54. The van der Waals surface area contributed by atoms with Crippen LogP contribution in [0.2, 0.25) is 0 Å². The van der Waals surface area contributed by atoms with Gasteiger partial charge in [-0.2, -0.15) is 0 Å². The molecular weight excluding hydrogens is 222 g/mol. The second-order valence-electron chi connectivity index (χ2n) is 3.54. The van der Waals surface area contributed by atoms with Crippen LogP contribution < -0.4 is 5.73 Å². The zero-order valence-corrected chi connectivity index (χ0v) is 9.20. The lowest BCUT2D eigenvalue weighted by atomic mass is 10.1. The summed E-state index contributed by atoms with van der Waals surface area (Å²) in [5.41, 5.74) is 7.31. The maximum atomic E-state index is 10.8. The molecule has 17 heavy (non-hydrogen) atoms. The smallest absolute Gasteiger partial charge is 0.274 e. The molecule has 0 amide bonds. The highest BCUT2D eigenvalue weighted by molar-refractivity contribution is 5.52. The van der Waals surface area contributed by atoms with Gasteiger partial charge in [-0.3, -0.25) is 10.1 Å². The first-order valence-electron chi connectivity index (χ1n) is 4.99. The van der Waals surface area contributed by atoms with Crippen LogP contribution in [0.1, 0.15) is 11.3 Å². The van der Waals surface area contributed by atoms with E-state index in [9.17, 15) is 10.1 Å². The Morgan fingerprint density at radius 1 is 1.53 bits per heavy atom. The normalized spacial score (nSPS) is 10.5. The molecule has 1 aromatic carbocycles. The molecule has 0 saturated heterocycles. The number of nitro groups is 1. The molecule has 0 saturated carbocycles. The summed E-state index contributed by atoms with van der Waals surface area (Å²) in [7, 11) is 0. The van der Waals surface area contributed by atoms with Gasteiger partial charge in [0, 0.05) is 12.6 Å². The number of nitro benzene ring substituents is 1. The molecule has 0 aliphatic heterocycles. The zero-order valence-electron chi connectivity index (χ0n) is 9.20. The van der Waals surface area contributed by atoms with E-state index in [2.05, 4.69) is 10.3 Å². The fourth-order valence-electron chi connectivity index (χ4n) is 1.57. The molecular formula is C10H11N5O2. The predicted molar refractivity (Wildman–Crippen MR) is 60.6 cm³/mol. The van der Waals surface area contributed by atoms with Crippen molar-refractivity contribution in [1.29, 1.82) is 0 Å². The Kier molecular flexibility index (Phi) is 2.84. The highest BCUT2D eigenvalue weighted by Gasteiger charge is 2.15. The van der Waals surface area contributed by atoms with Crippen molar-refractivity contribution in [1.82, 2.24) is 15.0 Å². The summed E-state index contributed by atoms with van der Waals surface area (Å²) in [5.74, 6) is 0. The van der Waals surface area contributed by atoms with Gasteiger partial charge in [-0.05, 0) is 13.0 Å². The van der Waals surface area contributed by atoms with Crippen molar-refractivity contribution in [3.05, 3.63) is 45.8 Å². The number of rotatable bonds is 3. The van der Waals surface area contributed by atoms with Crippen LogP contribution in [0.25, 0.3) is 5.69 Å². The molecule has 0 fully saturated rings. The predicted octanol–water partition coefficient (Wildman–Crippen LogP) is 0.943. The monoisotopic (exact) mass is 233 g/mol. The van der Waals surface area contributed by atoms with Crippen molar-refractivity contribution in [2.45, 2.75) is 13.5 Å². The van der Waals surface area contributed by atoms with E-state index in [0.29, 0.717) is 16.9 Å². The summed E-state index contributed by atoms with van der Waals surface area (Å²) in [6.07, 6.45) is 1.66. The molecule has 7 nitrogen and oxygen atoms in total. The van der Waals surface area contributed by atoms with E-state index in [1.807, 2.05) is 0 Å². The minimum atomic E-state index is -0.417. The first kappa shape index (κ1) is 11.2. The van der Waals surface area contributed by atoms with E-state index < -0.39 is 4.92 Å². The molecule has 0 radical (unpaired) electrons. The van der Waals surface area contributed by atoms with Gasteiger partial charge in [0.05, 0.1) is 28.1 Å². The summed E-state index contributed by atoms with van der Waals surface area (Å²) in [6, 6.07) is 4.82. The molecule has 0 aliphatic rings. The average Bonchev–Trinajstić information content (AvgIpc) is 2.77. The Balaban J connectivity index is 2.52. The van der Waals surface area contributed by atoms with Crippen molar-refractivity contribution in [2.24, 2.45) is 5.73 Å². The molecule has 88 valence electrons. The average molecular weight is 233 g/mol. The molecule has 0 bridgehead atoms. The first-order chi connectivity index (χ1) is 8.13. The second kappa shape index (κ2) is 4.30. The van der Waals surface area contributed by atoms with Gasteiger partial charge in [0.1, 0.15) is 0 Å². The van der Waals surface area contributed by atoms with Gasteiger partial charge < -0.3 is 5.73 Å². The summed E-state index contributed by atoms with van der Waals surface area (Å²) in [6.45, 7) is 1.96. The number of nitrogens with zero attached hydrogens (tertiary/aromatic N) is 4. The number of hydrogen-bond donors (Lipinski definition) is 1. The lowest BCUT2D eigenvalue weighted by Gasteiger charge is -2.04. The van der Waals surface area contributed by atoms with Gasteiger partial charge in [-0.1, -0.05) is 11.3 Å². The molecule has 0 unspecified atom stereocenters. The molecule has 7 heteroatoms. The van der Waals surface area contributed by atoms with Gasteiger partial charge in [-0.25, -0.2) is 4.68 Å². The largest absolute Gasteiger partial charge is 0.325 e. The molecule has 2 N–H and O–H groups in total. The number of nitrogens with two attached hydrogens (primary N) is 1. The summed E-state index contributed by atoms with van der Waals surface area (Å²) in [5, 5.41) is 18.5. The summed E-state index contributed by atoms with van der Waals surface area (Å²) >= 11 is 0. The Bertz CT molecular complexity index is 564. The van der Waals surface area contributed by atoms with Crippen LogP contribution in [0.5, 0.6) is 0 Å². The summed E-state index contributed by atoms with van der Waals surface area (Å²) < 4.78 is 1.49. The first-order valence-corrected chi connectivity index (χ1v) is 4.99.